The molecular weight excluding hydrogens is 166 g/mol. The Hall–Kier alpha value is -1.38. The molecule has 0 unspecified atom stereocenters. The first kappa shape index (κ1) is 9.71. The quantitative estimate of drug-likeness (QED) is 0.689. The van der Waals surface area contributed by atoms with Crippen LogP contribution in [0.15, 0.2) is 12.1 Å². The van der Waals surface area contributed by atoms with Crippen LogP contribution in [0.3, 0.4) is 0 Å². The molecule has 1 N–H and O–H groups in total. The van der Waals surface area contributed by atoms with Crippen molar-refractivity contribution in [1.29, 1.82) is 0 Å². The number of hydrogen-bond donors (Lipinski definition) is 1. The Labute approximate surface area is 77.6 Å². The summed E-state index contributed by atoms with van der Waals surface area (Å²) < 4.78 is 1.79. The first-order valence-electron chi connectivity index (χ1n) is 4.20. The zero-order valence-corrected chi connectivity index (χ0v) is 8.16. The predicted molar refractivity (Wildman–Crippen MR) is 48.5 cm³/mol. The second-order valence-corrected chi connectivity index (χ2v) is 3.30. The number of pyridine rings is 1. The van der Waals surface area contributed by atoms with Gasteiger partial charge in [-0.1, -0.05) is 0 Å². The van der Waals surface area contributed by atoms with Gasteiger partial charge < -0.3 is 5.11 Å². The van der Waals surface area contributed by atoms with Gasteiger partial charge in [-0.2, -0.15) is 4.57 Å². The molecule has 70 valence electrons. The summed E-state index contributed by atoms with van der Waals surface area (Å²) in [6.45, 7) is 5.88. The third-order valence-corrected chi connectivity index (χ3v) is 2.02. The Morgan fingerprint density at radius 1 is 1.31 bits per heavy atom. The average Bonchev–Trinajstić information content (AvgIpc) is 1.96. The van der Waals surface area contributed by atoms with Gasteiger partial charge in [0.05, 0.1) is 0 Å². The van der Waals surface area contributed by atoms with Crippen LogP contribution in [-0.2, 0) is 11.3 Å². The number of carbonyl (C=O) groups is 1. The average molecular weight is 180 g/mol. The van der Waals surface area contributed by atoms with Crippen molar-refractivity contribution >= 4 is 5.97 Å². The third-order valence-electron chi connectivity index (χ3n) is 2.02. The van der Waals surface area contributed by atoms with E-state index in [2.05, 4.69) is 0 Å². The Morgan fingerprint density at radius 3 is 2.15 bits per heavy atom. The minimum Gasteiger partial charge on any atom is -0.477 e. The number of carboxylic acids is 1. The second-order valence-electron chi connectivity index (χ2n) is 3.30. The van der Waals surface area contributed by atoms with Crippen molar-refractivity contribution < 1.29 is 14.5 Å². The summed E-state index contributed by atoms with van der Waals surface area (Å²) in [7, 11) is 0. The topological polar surface area (TPSA) is 41.2 Å². The zero-order chi connectivity index (χ0) is 10.0. The Morgan fingerprint density at radius 2 is 1.77 bits per heavy atom. The molecule has 3 nitrogen and oxygen atoms in total. The molecule has 1 heterocycles. The molecule has 1 aromatic heterocycles. The minimum absolute atomic E-state index is 0.0396. The molecular formula is C10H14NO2+. The van der Waals surface area contributed by atoms with Crippen molar-refractivity contribution in [2.45, 2.75) is 27.3 Å². The highest BCUT2D eigenvalue weighted by atomic mass is 16.4. The van der Waals surface area contributed by atoms with Crippen molar-refractivity contribution in [3.63, 3.8) is 0 Å². The number of aromatic nitrogens is 1. The number of carboxylic acid groups (broad SMARTS) is 1. The summed E-state index contributed by atoms with van der Waals surface area (Å²) in [5.41, 5.74) is 3.14. The van der Waals surface area contributed by atoms with Gasteiger partial charge in [-0.3, -0.25) is 0 Å². The summed E-state index contributed by atoms with van der Waals surface area (Å²) in [4.78, 5) is 10.5. The van der Waals surface area contributed by atoms with E-state index in [9.17, 15) is 4.79 Å². The molecule has 0 atom stereocenters. The molecule has 1 aromatic rings. The summed E-state index contributed by atoms with van der Waals surface area (Å²) in [5, 5.41) is 8.66. The SMILES string of the molecule is Cc1cc(C)[n+](CC(=O)O)c(C)c1. The van der Waals surface area contributed by atoms with Crippen molar-refractivity contribution in [3.8, 4) is 0 Å². The maximum absolute atomic E-state index is 10.5. The summed E-state index contributed by atoms with van der Waals surface area (Å²) in [6, 6.07) is 3.96. The highest BCUT2D eigenvalue weighted by molar-refractivity contribution is 5.64. The van der Waals surface area contributed by atoms with E-state index in [4.69, 9.17) is 5.11 Å². The summed E-state index contributed by atoms with van der Waals surface area (Å²) in [5.74, 6) is -0.806. The van der Waals surface area contributed by atoms with Crippen LogP contribution in [0.1, 0.15) is 17.0 Å². The number of nitrogens with zero attached hydrogens (tertiary/aromatic N) is 1. The van der Waals surface area contributed by atoms with Crippen LogP contribution < -0.4 is 4.57 Å². The fourth-order valence-electron chi connectivity index (χ4n) is 1.52. The first-order valence-corrected chi connectivity index (χ1v) is 4.20. The lowest BCUT2D eigenvalue weighted by atomic mass is 10.2. The molecule has 0 fully saturated rings. The van der Waals surface area contributed by atoms with E-state index in [1.807, 2.05) is 32.9 Å². The van der Waals surface area contributed by atoms with Gasteiger partial charge in [-0.15, -0.1) is 0 Å². The van der Waals surface area contributed by atoms with Gasteiger partial charge in [0.25, 0.3) is 0 Å². The van der Waals surface area contributed by atoms with Crippen LogP contribution in [0.4, 0.5) is 0 Å². The molecule has 13 heavy (non-hydrogen) atoms. The molecule has 0 amide bonds. The van der Waals surface area contributed by atoms with Gasteiger partial charge in [0.15, 0.2) is 11.4 Å². The molecule has 0 radical (unpaired) electrons. The van der Waals surface area contributed by atoms with Crippen LogP contribution in [0.2, 0.25) is 0 Å². The number of hydrogen-bond acceptors (Lipinski definition) is 1. The molecule has 0 saturated heterocycles. The predicted octanol–water partition coefficient (Wildman–Crippen LogP) is 0.984. The van der Waals surface area contributed by atoms with Crippen LogP contribution in [0, 0.1) is 20.8 Å². The number of aryl methyl sites for hydroxylation is 3. The fraction of sp³-hybridized carbons (Fsp3) is 0.400. The van der Waals surface area contributed by atoms with Gasteiger partial charge in [0, 0.05) is 26.0 Å². The molecule has 0 spiro atoms. The molecule has 0 aliphatic carbocycles. The molecule has 0 aromatic carbocycles. The van der Waals surface area contributed by atoms with Crippen molar-refractivity contribution in [2.75, 3.05) is 0 Å². The van der Waals surface area contributed by atoms with Crippen molar-refractivity contribution in [1.82, 2.24) is 0 Å². The summed E-state index contributed by atoms with van der Waals surface area (Å²) >= 11 is 0. The van der Waals surface area contributed by atoms with Crippen molar-refractivity contribution in [2.24, 2.45) is 0 Å². The van der Waals surface area contributed by atoms with E-state index in [0.29, 0.717) is 0 Å². The lowest BCUT2D eigenvalue weighted by Crippen LogP contribution is -2.43. The largest absolute Gasteiger partial charge is 0.477 e. The van der Waals surface area contributed by atoms with E-state index in [-0.39, 0.29) is 6.54 Å². The maximum Gasteiger partial charge on any atom is 0.370 e. The molecule has 1 rings (SSSR count). The molecule has 3 heteroatoms. The highest BCUT2D eigenvalue weighted by Crippen LogP contribution is 2.01. The first-order chi connectivity index (χ1) is 6.00. The van der Waals surface area contributed by atoms with Crippen LogP contribution in [0.25, 0.3) is 0 Å². The minimum atomic E-state index is -0.806. The maximum atomic E-state index is 10.5. The van der Waals surface area contributed by atoms with Gasteiger partial charge in [0.1, 0.15) is 0 Å². The molecule has 0 aliphatic rings. The molecule has 0 aliphatic heterocycles. The number of rotatable bonds is 2. The third kappa shape index (κ3) is 2.28. The number of aliphatic carboxylic acids is 1. The fourth-order valence-corrected chi connectivity index (χ4v) is 1.52. The second kappa shape index (κ2) is 3.56. The van der Waals surface area contributed by atoms with Crippen LogP contribution >= 0.6 is 0 Å². The Balaban J connectivity index is 3.13. The smallest absolute Gasteiger partial charge is 0.370 e. The van der Waals surface area contributed by atoms with Gasteiger partial charge in [0.2, 0.25) is 6.54 Å². The molecule has 0 bridgehead atoms. The summed E-state index contributed by atoms with van der Waals surface area (Å²) in [6.07, 6.45) is 0. The van der Waals surface area contributed by atoms with E-state index in [1.165, 1.54) is 0 Å². The van der Waals surface area contributed by atoms with Crippen LogP contribution in [-0.4, -0.2) is 11.1 Å². The Kier molecular flexibility index (Phi) is 2.66. The normalized spacial score (nSPS) is 10.1. The Bertz CT molecular complexity index is 322. The standard InChI is InChI=1S/C10H13NO2/c1-7-4-8(2)11(6-10(12)13)9(3)5-7/h4-5H,6H2,1-3H3/p+1. The lowest BCUT2D eigenvalue weighted by Gasteiger charge is -2.02. The van der Waals surface area contributed by atoms with E-state index in [1.54, 1.807) is 4.57 Å². The molecule has 0 saturated carbocycles. The monoisotopic (exact) mass is 180 g/mol. The van der Waals surface area contributed by atoms with E-state index < -0.39 is 5.97 Å². The highest BCUT2D eigenvalue weighted by Gasteiger charge is 2.14. The van der Waals surface area contributed by atoms with Gasteiger partial charge >= 0.3 is 5.97 Å². The van der Waals surface area contributed by atoms with E-state index >= 15 is 0 Å². The van der Waals surface area contributed by atoms with Crippen molar-refractivity contribution in [3.05, 3.63) is 29.1 Å². The zero-order valence-electron chi connectivity index (χ0n) is 8.16. The lowest BCUT2D eigenvalue weighted by molar-refractivity contribution is -0.697. The van der Waals surface area contributed by atoms with Crippen LogP contribution in [0.5, 0.6) is 0 Å². The van der Waals surface area contributed by atoms with Gasteiger partial charge in [-0.25, -0.2) is 4.79 Å². The van der Waals surface area contributed by atoms with Gasteiger partial charge in [-0.05, 0) is 12.5 Å². The van der Waals surface area contributed by atoms with E-state index in [0.717, 1.165) is 17.0 Å².